The Bertz CT molecular complexity index is 574. The lowest BCUT2D eigenvalue weighted by Gasteiger charge is -2.28. The molecule has 0 aromatic carbocycles. The van der Waals surface area contributed by atoms with E-state index in [1.165, 1.54) is 25.7 Å². The van der Waals surface area contributed by atoms with E-state index in [0.717, 1.165) is 25.5 Å². The monoisotopic (exact) mass is 288 g/mol. The summed E-state index contributed by atoms with van der Waals surface area (Å²) in [5.74, 6) is 1.83. The first-order chi connectivity index (χ1) is 10.4. The van der Waals surface area contributed by atoms with Crippen molar-refractivity contribution >= 4 is 0 Å². The van der Waals surface area contributed by atoms with E-state index in [2.05, 4.69) is 20.4 Å². The highest BCUT2D eigenvalue weighted by molar-refractivity contribution is 5.42. The molecule has 0 saturated carbocycles. The zero-order valence-corrected chi connectivity index (χ0v) is 12.0. The van der Waals surface area contributed by atoms with Gasteiger partial charge < -0.3 is 14.3 Å². The van der Waals surface area contributed by atoms with E-state index in [0.29, 0.717) is 23.7 Å². The lowest BCUT2D eigenvalue weighted by atomic mass is 10.0. The van der Waals surface area contributed by atoms with Crippen molar-refractivity contribution in [3.05, 3.63) is 24.2 Å². The van der Waals surface area contributed by atoms with Gasteiger partial charge in [0.05, 0.1) is 12.8 Å². The van der Waals surface area contributed by atoms with E-state index in [-0.39, 0.29) is 0 Å². The second-order valence-electron chi connectivity index (χ2n) is 5.88. The molecule has 0 bridgehead atoms. The molecule has 112 valence electrons. The molecule has 2 atom stereocenters. The summed E-state index contributed by atoms with van der Waals surface area (Å²) in [5, 5.41) is 7.71. The maximum atomic E-state index is 5.29. The number of nitrogens with one attached hydrogen (secondary N) is 1. The third kappa shape index (κ3) is 2.61. The topological polar surface area (TPSA) is 67.3 Å². The van der Waals surface area contributed by atoms with Gasteiger partial charge in [-0.3, -0.25) is 4.90 Å². The molecule has 2 aliphatic heterocycles. The molecule has 0 amide bonds. The van der Waals surface area contributed by atoms with Crippen molar-refractivity contribution in [2.24, 2.45) is 0 Å². The minimum absolute atomic E-state index is 0.463. The van der Waals surface area contributed by atoms with Gasteiger partial charge in [0.15, 0.2) is 11.6 Å². The normalized spacial score (nSPS) is 26.7. The van der Waals surface area contributed by atoms with Gasteiger partial charge in [-0.05, 0) is 50.9 Å². The Morgan fingerprint density at radius 3 is 3.14 bits per heavy atom. The fourth-order valence-electron chi connectivity index (χ4n) is 3.54. The molecule has 2 aliphatic rings. The molecule has 1 N–H and O–H groups in total. The minimum Gasteiger partial charge on any atom is -0.459 e. The molecular formula is C15H20N4O2. The standard InChI is InChI=1S/C15H20N4O2/c1-4-11(16-7-1)12-5-2-8-19(12)10-14-17-15(21-18-14)13-6-3-9-20-13/h3,6,9,11-12,16H,1-2,4-5,7-8,10H2. The van der Waals surface area contributed by atoms with Crippen molar-refractivity contribution < 1.29 is 8.94 Å². The van der Waals surface area contributed by atoms with E-state index >= 15 is 0 Å². The van der Waals surface area contributed by atoms with Gasteiger partial charge in [0, 0.05) is 12.1 Å². The van der Waals surface area contributed by atoms with E-state index in [1.54, 1.807) is 6.26 Å². The highest BCUT2D eigenvalue weighted by atomic mass is 16.5. The Morgan fingerprint density at radius 1 is 1.33 bits per heavy atom. The first kappa shape index (κ1) is 13.0. The van der Waals surface area contributed by atoms with Crippen molar-refractivity contribution in [2.45, 2.75) is 44.3 Å². The quantitative estimate of drug-likeness (QED) is 0.928. The van der Waals surface area contributed by atoms with Crippen LogP contribution in [0.15, 0.2) is 27.3 Å². The number of likely N-dealkylation sites (tertiary alicyclic amines) is 1. The molecule has 0 spiro atoms. The Balaban J connectivity index is 1.45. The van der Waals surface area contributed by atoms with Gasteiger partial charge in [0.1, 0.15) is 0 Å². The summed E-state index contributed by atoms with van der Waals surface area (Å²) in [6.45, 7) is 3.03. The van der Waals surface area contributed by atoms with Crippen LogP contribution in [0.3, 0.4) is 0 Å². The SMILES string of the molecule is c1coc(-c2nc(CN3CCCC3C3CCCN3)no2)c1. The van der Waals surface area contributed by atoms with Crippen molar-refractivity contribution in [1.82, 2.24) is 20.4 Å². The molecule has 0 radical (unpaired) electrons. The summed E-state index contributed by atoms with van der Waals surface area (Å²) in [6, 6.07) is 4.89. The van der Waals surface area contributed by atoms with Gasteiger partial charge in [-0.25, -0.2) is 0 Å². The second-order valence-corrected chi connectivity index (χ2v) is 5.88. The van der Waals surface area contributed by atoms with Crippen LogP contribution >= 0.6 is 0 Å². The number of rotatable bonds is 4. The lowest BCUT2D eigenvalue weighted by Crippen LogP contribution is -2.43. The maximum absolute atomic E-state index is 5.29. The van der Waals surface area contributed by atoms with Crippen molar-refractivity contribution in [1.29, 1.82) is 0 Å². The van der Waals surface area contributed by atoms with Crippen molar-refractivity contribution in [3.63, 3.8) is 0 Å². The third-order valence-electron chi connectivity index (χ3n) is 4.52. The molecule has 6 heteroatoms. The molecule has 0 aliphatic carbocycles. The second kappa shape index (κ2) is 5.61. The highest BCUT2D eigenvalue weighted by Crippen LogP contribution is 2.26. The maximum Gasteiger partial charge on any atom is 0.293 e. The summed E-state index contributed by atoms with van der Waals surface area (Å²) in [7, 11) is 0. The van der Waals surface area contributed by atoms with Gasteiger partial charge in [-0.15, -0.1) is 0 Å². The average molecular weight is 288 g/mol. The summed E-state index contributed by atoms with van der Waals surface area (Å²) in [5.41, 5.74) is 0. The van der Waals surface area contributed by atoms with Crippen LogP contribution in [0.5, 0.6) is 0 Å². The fourth-order valence-corrected chi connectivity index (χ4v) is 3.54. The predicted molar refractivity (Wildman–Crippen MR) is 76.5 cm³/mol. The summed E-state index contributed by atoms with van der Waals surface area (Å²) >= 11 is 0. The van der Waals surface area contributed by atoms with Gasteiger partial charge in [-0.2, -0.15) is 4.98 Å². The number of nitrogens with zero attached hydrogens (tertiary/aromatic N) is 3. The Labute approximate surface area is 123 Å². The van der Waals surface area contributed by atoms with Crippen LogP contribution < -0.4 is 5.32 Å². The zero-order chi connectivity index (χ0) is 14.1. The summed E-state index contributed by atoms with van der Waals surface area (Å²) in [6.07, 6.45) is 6.71. The molecule has 2 aromatic rings. The molecule has 2 saturated heterocycles. The van der Waals surface area contributed by atoms with Crippen LogP contribution in [-0.4, -0.2) is 40.2 Å². The number of furan rings is 1. The first-order valence-electron chi connectivity index (χ1n) is 7.74. The Morgan fingerprint density at radius 2 is 2.33 bits per heavy atom. The zero-order valence-electron chi connectivity index (χ0n) is 12.0. The molecule has 6 nitrogen and oxygen atoms in total. The number of hydrogen-bond donors (Lipinski definition) is 1. The first-order valence-corrected chi connectivity index (χ1v) is 7.74. The Hall–Kier alpha value is -1.66. The Kier molecular flexibility index (Phi) is 3.48. The smallest absolute Gasteiger partial charge is 0.293 e. The molecular weight excluding hydrogens is 268 g/mol. The lowest BCUT2D eigenvalue weighted by molar-refractivity contribution is 0.199. The molecule has 2 unspecified atom stereocenters. The van der Waals surface area contributed by atoms with Crippen LogP contribution in [0, 0.1) is 0 Å². The number of hydrogen-bond acceptors (Lipinski definition) is 6. The molecule has 2 aromatic heterocycles. The van der Waals surface area contributed by atoms with Crippen LogP contribution in [-0.2, 0) is 6.54 Å². The van der Waals surface area contributed by atoms with E-state index in [1.807, 2.05) is 12.1 Å². The predicted octanol–water partition coefficient (Wildman–Crippen LogP) is 2.05. The minimum atomic E-state index is 0.463. The largest absolute Gasteiger partial charge is 0.459 e. The van der Waals surface area contributed by atoms with Crippen LogP contribution in [0.1, 0.15) is 31.5 Å². The van der Waals surface area contributed by atoms with Gasteiger partial charge in [0.2, 0.25) is 0 Å². The summed E-state index contributed by atoms with van der Waals surface area (Å²) in [4.78, 5) is 6.93. The van der Waals surface area contributed by atoms with Crippen molar-refractivity contribution in [3.8, 4) is 11.7 Å². The number of aromatic nitrogens is 2. The average Bonchev–Trinajstić information content (AvgIpc) is 3.28. The summed E-state index contributed by atoms with van der Waals surface area (Å²) < 4.78 is 10.6. The highest BCUT2D eigenvalue weighted by Gasteiger charge is 2.33. The van der Waals surface area contributed by atoms with E-state index in [4.69, 9.17) is 8.94 Å². The van der Waals surface area contributed by atoms with Crippen LogP contribution in [0.4, 0.5) is 0 Å². The molecule has 21 heavy (non-hydrogen) atoms. The fraction of sp³-hybridized carbons (Fsp3) is 0.600. The van der Waals surface area contributed by atoms with Crippen LogP contribution in [0.25, 0.3) is 11.7 Å². The van der Waals surface area contributed by atoms with Crippen LogP contribution in [0.2, 0.25) is 0 Å². The van der Waals surface area contributed by atoms with Gasteiger partial charge in [0.25, 0.3) is 5.89 Å². The molecule has 4 heterocycles. The van der Waals surface area contributed by atoms with E-state index < -0.39 is 0 Å². The third-order valence-corrected chi connectivity index (χ3v) is 4.52. The van der Waals surface area contributed by atoms with Gasteiger partial charge in [-0.1, -0.05) is 5.16 Å². The molecule has 4 rings (SSSR count). The van der Waals surface area contributed by atoms with E-state index in [9.17, 15) is 0 Å². The molecule has 2 fully saturated rings. The van der Waals surface area contributed by atoms with Crippen molar-refractivity contribution in [2.75, 3.05) is 13.1 Å². The van der Waals surface area contributed by atoms with Gasteiger partial charge >= 0.3 is 0 Å².